The van der Waals surface area contributed by atoms with Gasteiger partial charge in [0.15, 0.2) is 0 Å². The molecule has 1 N–H and O–H groups in total. The van der Waals surface area contributed by atoms with Crippen LogP contribution in [0.4, 0.5) is 0 Å². The summed E-state index contributed by atoms with van der Waals surface area (Å²) in [6.07, 6.45) is 2.08. The average molecular weight is 681 g/mol. The molecule has 248 valence electrons. The lowest BCUT2D eigenvalue weighted by Crippen LogP contribution is -2.43. The number of carbonyl (C=O) groups is 3. The van der Waals surface area contributed by atoms with Crippen molar-refractivity contribution in [1.29, 1.82) is 0 Å². The molecule has 0 amide bonds. The van der Waals surface area contributed by atoms with Crippen molar-refractivity contribution in [2.75, 3.05) is 0 Å². The van der Waals surface area contributed by atoms with Gasteiger partial charge in [-0.3, -0.25) is 9.59 Å². The molecule has 0 heterocycles. The maximum absolute atomic E-state index is 13.8. The standard InChI is InChI=1S/C40H42O6P2/c1-28(45-39(43)33-24-14-26-35(33)47(29-16-6-2-7-17-29)30-18-8-3-9-19-30)37(38(41)42)46-40(44)34-25-15-27-36(34)48(31-20-10-4-11-21-31)32-22-12-5-13-23-32/h2-13,16-23,28,33-37H,14-15,24-27H2,1H3,(H,41,42). The number of carboxylic acids is 1. The van der Waals surface area contributed by atoms with Crippen molar-refractivity contribution in [3.05, 3.63) is 121 Å². The number of carboxylic acid groups (broad SMARTS) is 1. The van der Waals surface area contributed by atoms with E-state index in [4.69, 9.17) is 9.47 Å². The second kappa shape index (κ2) is 16.0. The second-order valence-corrected chi connectivity index (χ2v) is 17.5. The predicted octanol–water partition coefficient (Wildman–Crippen LogP) is 6.52. The Bertz CT molecular complexity index is 1570. The van der Waals surface area contributed by atoms with E-state index in [1.165, 1.54) is 28.1 Å². The van der Waals surface area contributed by atoms with Crippen LogP contribution in [0.3, 0.4) is 0 Å². The van der Waals surface area contributed by atoms with Crippen LogP contribution in [-0.2, 0) is 23.9 Å². The first-order chi connectivity index (χ1) is 23.4. The molecule has 6 unspecified atom stereocenters. The van der Waals surface area contributed by atoms with E-state index in [1.54, 1.807) is 0 Å². The molecule has 0 spiro atoms. The van der Waals surface area contributed by atoms with E-state index < -0.39 is 51.9 Å². The zero-order valence-corrected chi connectivity index (χ0v) is 28.9. The second-order valence-electron chi connectivity index (χ2n) is 12.6. The number of carbonyl (C=O) groups excluding carboxylic acids is 2. The molecule has 48 heavy (non-hydrogen) atoms. The van der Waals surface area contributed by atoms with Gasteiger partial charge in [-0.15, -0.1) is 0 Å². The lowest BCUT2D eigenvalue weighted by molar-refractivity contribution is -0.181. The minimum absolute atomic E-state index is 0.0130. The molecule has 4 aromatic rings. The molecule has 8 heteroatoms. The Balaban J connectivity index is 1.17. The van der Waals surface area contributed by atoms with Gasteiger partial charge in [0, 0.05) is 11.3 Å². The maximum Gasteiger partial charge on any atom is 0.348 e. The summed E-state index contributed by atoms with van der Waals surface area (Å²) in [6, 6.07) is 41.1. The topological polar surface area (TPSA) is 89.9 Å². The molecule has 0 bridgehead atoms. The quantitative estimate of drug-likeness (QED) is 0.136. The molecular weight excluding hydrogens is 638 g/mol. The molecule has 4 aromatic carbocycles. The zero-order chi connectivity index (χ0) is 33.5. The number of ether oxygens (including phenoxy) is 2. The van der Waals surface area contributed by atoms with Crippen LogP contribution in [0, 0.1) is 11.8 Å². The highest BCUT2D eigenvalue weighted by molar-refractivity contribution is 7.74. The fraction of sp³-hybridized carbons (Fsp3) is 0.325. The summed E-state index contributed by atoms with van der Waals surface area (Å²) in [5, 5.41) is 15.0. The summed E-state index contributed by atoms with van der Waals surface area (Å²) in [5.41, 5.74) is 0.0730. The van der Waals surface area contributed by atoms with Crippen molar-refractivity contribution >= 4 is 55.0 Å². The van der Waals surface area contributed by atoms with E-state index in [0.29, 0.717) is 12.8 Å². The third-order valence-electron chi connectivity index (χ3n) is 9.58. The molecule has 6 nitrogen and oxygen atoms in total. The van der Waals surface area contributed by atoms with Crippen LogP contribution in [0.5, 0.6) is 0 Å². The summed E-state index contributed by atoms with van der Waals surface area (Å²) in [7, 11) is -1.73. The summed E-state index contributed by atoms with van der Waals surface area (Å²) >= 11 is 0. The number of hydrogen-bond donors (Lipinski definition) is 1. The van der Waals surface area contributed by atoms with E-state index in [1.807, 2.05) is 72.8 Å². The molecule has 6 atom stereocenters. The number of hydrogen-bond acceptors (Lipinski definition) is 5. The van der Waals surface area contributed by atoms with Crippen molar-refractivity contribution in [3.63, 3.8) is 0 Å². The van der Waals surface area contributed by atoms with Crippen LogP contribution >= 0.6 is 15.8 Å². The average Bonchev–Trinajstić information content (AvgIpc) is 3.80. The Labute approximate surface area is 285 Å². The normalized spacial score (nSPS) is 21.9. The molecule has 0 aromatic heterocycles. The van der Waals surface area contributed by atoms with Crippen LogP contribution in [0.1, 0.15) is 45.4 Å². The Morgan fingerprint density at radius 3 is 1.23 bits per heavy atom. The molecule has 2 fully saturated rings. The smallest absolute Gasteiger partial charge is 0.348 e. The Kier molecular flexibility index (Phi) is 11.4. The number of benzene rings is 4. The summed E-state index contributed by atoms with van der Waals surface area (Å²) in [5.74, 6) is -3.07. The molecule has 0 radical (unpaired) electrons. The largest absolute Gasteiger partial charge is 0.478 e. The van der Waals surface area contributed by atoms with E-state index in [-0.39, 0.29) is 17.2 Å². The van der Waals surface area contributed by atoms with E-state index >= 15 is 0 Å². The van der Waals surface area contributed by atoms with Gasteiger partial charge in [-0.1, -0.05) is 134 Å². The van der Waals surface area contributed by atoms with Crippen LogP contribution in [0.25, 0.3) is 0 Å². The van der Waals surface area contributed by atoms with Crippen molar-refractivity contribution in [1.82, 2.24) is 0 Å². The van der Waals surface area contributed by atoms with Crippen molar-refractivity contribution in [2.24, 2.45) is 11.8 Å². The van der Waals surface area contributed by atoms with Gasteiger partial charge in [0.05, 0.1) is 11.8 Å². The SMILES string of the molecule is CC(OC(=O)C1CCCC1P(c1ccccc1)c1ccccc1)C(OC(=O)C1CCCC1P(c1ccccc1)c1ccccc1)C(=O)O. The van der Waals surface area contributed by atoms with Crippen LogP contribution < -0.4 is 21.2 Å². The summed E-state index contributed by atoms with van der Waals surface area (Å²) < 4.78 is 11.7. The molecule has 0 aliphatic heterocycles. The zero-order valence-electron chi connectivity index (χ0n) is 27.1. The van der Waals surface area contributed by atoms with Crippen molar-refractivity contribution in [3.8, 4) is 0 Å². The summed E-state index contributed by atoms with van der Waals surface area (Å²) in [4.78, 5) is 40.2. The van der Waals surface area contributed by atoms with E-state index in [2.05, 4.69) is 48.5 Å². The number of rotatable bonds is 12. The molecular formula is C40H42O6P2. The lowest BCUT2D eigenvalue weighted by Gasteiger charge is -2.31. The molecule has 2 aliphatic rings. The molecule has 6 rings (SSSR count). The number of esters is 2. The van der Waals surface area contributed by atoms with Crippen molar-refractivity contribution in [2.45, 2.75) is 69.0 Å². The molecule has 2 aliphatic carbocycles. The minimum atomic E-state index is -1.59. The maximum atomic E-state index is 13.8. The van der Waals surface area contributed by atoms with Gasteiger partial charge in [-0.2, -0.15) is 0 Å². The van der Waals surface area contributed by atoms with Crippen LogP contribution in [-0.4, -0.2) is 46.5 Å². The highest BCUT2D eigenvalue weighted by Gasteiger charge is 2.45. The minimum Gasteiger partial charge on any atom is -0.478 e. The van der Waals surface area contributed by atoms with E-state index in [0.717, 1.165) is 25.7 Å². The lowest BCUT2D eigenvalue weighted by atomic mass is 10.1. The Morgan fingerprint density at radius 2 is 0.896 bits per heavy atom. The van der Waals surface area contributed by atoms with Gasteiger partial charge < -0.3 is 14.6 Å². The fourth-order valence-electron chi connectivity index (χ4n) is 7.36. The summed E-state index contributed by atoms with van der Waals surface area (Å²) in [6.45, 7) is 1.53. The highest BCUT2D eigenvalue weighted by Crippen LogP contribution is 2.51. The Morgan fingerprint density at radius 1 is 0.562 bits per heavy atom. The van der Waals surface area contributed by atoms with Crippen LogP contribution in [0.2, 0.25) is 0 Å². The first-order valence-electron chi connectivity index (χ1n) is 16.8. The van der Waals surface area contributed by atoms with Gasteiger partial charge in [0.1, 0.15) is 6.10 Å². The highest BCUT2D eigenvalue weighted by atomic mass is 31.1. The monoisotopic (exact) mass is 680 g/mol. The van der Waals surface area contributed by atoms with Crippen LogP contribution in [0.15, 0.2) is 121 Å². The fourth-order valence-corrected chi connectivity index (χ4v) is 13.6. The van der Waals surface area contributed by atoms with Gasteiger partial charge in [-0.05, 0) is 69.7 Å². The molecule has 0 saturated heterocycles. The van der Waals surface area contributed by atoms with Gasteiger partial charge in [0.2, 0.25) is 6.10 Å². The van der Waals surface area contributed by atoms with Gasteiger partial charge >= 0.3 is 17.9 Å². The Hall–Kier alpha value is -3.85. The van der Waals surface area contributed by atoms with Gasteiger partial charge in [0.25, 0.3) is 0 Å². The first-order valence-corrected chi connectivity index (χ1v) is 19.7. The third kappa shape index (κ3) is 7.72. The van der Waals surface area contributed by atoms with Crippen molar-refractivity contribution < 1.29 is 29.0 Å². The predicted molar refractivity (Wildman–Crippen MR) is 193 cm³/mol. The van der Waals surface area contributed by atoms with Gasteiger partial charge in [-0.25, -0.2) is 4.79 Å². The number of aliphatic carboxylic acids is 1. The van der Waals surface area contributed by atoms with E-state index in [9.17, 15) is 19.5 Å². The molecule has 2 saturated carbocycles. The third-order valence-corrected chi connectivity index (χ3v) is 15.6. The first kappa shape index (κ1) is 34.0.